The van der Waals surface area contributed by atoms with E-state index in [0.29, 0.717) is 47.8 Å². The topological polar surface area (TPSA) is 163 Å². The molecule has 14 nitrogen and oxygen atoms in total. The van der Waals surface area contributed by atoms with Gasteiger partial charge in [-0.2, -0.15) is 15.0 Å². The molecule has 4 amide bonds. The predicted octanol–water partition coefficient (Wildman–Crippen LogP) is 2.81. The van der Waals surface area contributed by atoms with Crippen molar-refractivity contribution in [1.82, 2.24) is 39.6 Å². The minimum atomic E-state index is -0.442. The number of hydrogen-bond acceptors (Lipinski definition) is 10. The van der Waals surface area contributed by atoms with Crippen molar-refractivity contribution in [3.63, 3.8) is 0 Å². The van der Waals surface area contributed by atoms with E-state index in [1.165, 1.54) is 4.90 Å². The summed E-state index contributed by atoms with van der Waals surface area (Å²) in [4.78, 5) is 68.5. The quantitative estimate of drug-likeness (QED) is 0.276. The summed E-state index contributed by atoms with van der Waals surface area (Å²) in [5.74, 6) is 2.02. The van der Waals surface area contributed by atoms with E-state index in [4.69, 9.17) is 9.97 Å². The van der Waals surface area contributed by atoms with Gasteiger partial charge in [-0.1, -0.05) is 0 Å². The second kappa shape index (κ2) is 10.0. The number of carbonyl (C=O) groups is 3. The maximum Gasteiger partial charge on any atom is 0.329 e. The molecule has 1 saturated heterocycles. The Morgan fingerprint density at radius 1 is 1.05 bits per heavy atom. The summed E-state index contributed by atoms with van der Waals surface area (Å²) in [5.41, 5.74) is 3.95. The van der Waals surface area contributed by atoms with Crippen LogP contribution >= 0.6 is 0 Å². The highest BCUT2D eigenvalue weighted by Crippen LogP contribution is 2.46. The first kappa shape index (κ1) is 26.6. The number of nitrogens with zero attached hydrogens (tertiary/aromatic N) is 9. The van der Waals surface area contributed by atoms with Gasteiger partial charge in [-0.15, -0.1) is 0 Å². The van der Waals surface area contributed by atoms with Gasteiger partial charge in [-0.05, 0) is 62.6 Å². The molecule has 2 atom stereocenters. The highest BCUT2D eigenvalue weighted by Gasteiger charge is 2.46. The lowest BCUT2D eigenvalue weighted by molar-refractivity contribution is -0.118. The third kappa shape index (κ3) is 5.09. The van der Waals surface area contributed by atoms with Crippen molar-refractivity contribution in [1.29, 1.82) is 0 Å². The number of fused-ring (bicyclic) bond motifs is 1. The standard InChI is InChI=1S/C30H31N11O3/c1-15-7-8-31-25(32-15)20-10-21(20)27(43)37-28-35-24(17-5-6-17)36-29(38-28)39(2)12-19-13-40-11-18(16-3-4-16)9-22(26(40)33-19)41-14-23(42)34-30(41)44/h7-9,11,13,16-17,20-21H,3-6,10,12,14H2,1-2H3,(H,34,42,44)(H,35,36,37,38,43). The van der Waals surface area contributed by atoms with Gasteiger partial charge in [0.25, 0.3) is 0 Å². The van der Waals surface area contributed by atoms with Crippen LogP contribution in [0.3, 0.4) is 0 Å². The first-order valence-corrected chi connectivity index (χ1v) is 15.0. The van der Waals surface area contributed by atoms with Crippen LogP contribution < -0.4 is 20.4 Å². The van der Waals surface area contributed by atoms with E-state index in [-0.39, 0.29) is 42.1 Å². The zero-order valence-electron chi connectivity index (χ0n) is 24.4. The number of imide groups is 1. The number of imidazole rings is 1. The Morgan fingerprint density at radius 2 is 1.86 bits per heavy atom. The molecule has 3 aliphatic carbocycles. The lowest BCUT2D eigenvalue weighted by atomic mass is 10.1. The highest BCUT2D eigenvalue weighted by atomic mass is 16.2. The fourth-order valence-corrected chi connectivity index (χ4v) is 5.77. The summed E-state index contributed by atoms with van der Waals surface area (Å²) in [6, 6.07) is 3.38. The normalized spacial score (nSPS) is 21.1. The van der Waals surface area contributed by atoms with Gasteiger partial charge < -0.3 is 9.30 Å². The summed E-state index contributed by atoms with van der Waals surface area (Å²) in [7, 11) is 1.87. The molecular weight excluding hydrogens is 562 g/mol. The predicted molar refractivity (Wildman–Crippen MR) is 158 cm³/mol. The monoisotopic (exact) mass is 593 g/mol. The molecule has 8 rings (SSSR count). The van der Waals surface area contributed by atoms with Gasteiger partial charge >= 0.3 is 6.03 Å². The lowest BCUT2D eigenvalue weighted by Crippen LogP contribution is -2.28. The molecule has 3 saturated carbocycles. The largest absolute Gasteiger partial charge is 0.338 e. The van der Waals surface area contributed by atoms with Crippen molar-refractivity contribution < 1.29 is 14.4 Å². The van der Waals surface area contributed by atoms with Crippen molar-refractivity contribution in [3.8, 4) is 0 Å². The van der Waals surface area contributed by atoms with Gasteiger partial charge in [-0.3, -0.25) is 25.1 Å². The van der Waals surface area contributed by atoms with Crippen LogP contribution in [0.2, 0.25) is 0 Å². The van der Waals surface area contributed by atoms with E-state index in [1.54, 1.807) is 6.20 Å². The summed E-state index contributed by atoms with van der Waals surface area (Å²) in [6.07, 6.45) is 10.6. The zero-order valence-corrected chi connectivity index (χ0v) is 24.4. The van der Waals surface area contributed by atoms with Gasteiger partial charge in [-0.25, -0.2) is 19.7 Å². The molecule has 0 bridgehead atoms. The molecule has 44 heavy (non-hydrogen) atoms. The number of rotatable bonds is 9. The summed E-state index contributed by atoms with van der Waals surface area (Å²) >= 11 is 0. The summed E-state index contributed by atoms with van der Waals surface area (Å²) < 4.78 is 1.93. The van der Waals surface area contributed by atoms with Gasteiger partial charge in [0.1, 0.15) is 18.2 Å². The van der Waals surface area contributed by atoms with Gasteiger partial charge in [0.05, 0.1) is 17.9 Å². The first-order valence-electron chi connectivity index (χ1n) is 15.0. The summed E-state index contributed by atoms with van der Waals surface area (Å²) in [6.45, 7) is 2.26. The number of amides is 4. The van der Waals surface area contributed by atoms with Crippen molar-refractivity contribution in [2.75, 3.05) is 28.7 Å². The van der Waals surface area contributed by atoms with E-state index < -0.39 is 6.03 Å². The van der Waals surface area contributed by atoms with Gasteiger partial charge in [0.15, 0.2) is 5.65 Å². The molecule has 4 aromatic heterocycles. The molecule has 0 aromatic carbocycles. The SMILES string of the molecule is Cc1ccnc(C2CC2C(=O)Nc2nc(C3CC3)nc(N(C)Cc3cn4cc(C5CC5)cc(N5CC(=O)NC5=O)c4n3)n2)n1. The average Bonchev–Trinajstić information content (AvgIpc) is 3.88. The van der Waals surface area contributed by atoms with Crippen LogP contribution in [0.4, 0.5) is 22.4 Å². The van der Waals surface area contributed by atoms with Crippen LogP contribution in [0.25, 0.3) is 5.65 Å². The fraction of sp³-hybridized carbons (Fsp3) is 0.433. The summed E-state index contributed by atoms with van der Waals surface area (Å²) in [5, 5.41) is 5.28. The highest BCUT2D eigenvalue weighted by molar-refractivity contribution is 6.13. The molecule has 4 aromatic rings. The van der Waals surface area contributed by atoms with Crippen LogP contribution in [-0.4, -0.2) is 65.7 Å². The molecular formula is C30H31N11O3. The second-order valence-electron chi connectivity index (χ2n) is 12.3. The second-order valence-corrected chi connectivity index (χ2v) is 12.3. The number of urea groups is 1. The number of aromatic nitrogens is 7. The van der Waals surface area contributed by atoms with E-state index in [9.17, 15) is 14.4 Å². The van der Waals surface area contributed by atoms with Gasteiger partial charge in [0.2, 0.25) is 23.7 Å². The smallest absolute Gasteiger partial charge is 0.329 e. The molecule has 0 spiro atoms. The molecule has 4 fully saturated rings. The molecule has 2 N–H and O–H groups in total. The minimum Gasteiger partial charge on any atom is -0.338 e. The maximum atomic E-state index is 13.1. The Morgan fingerprint density at radius 3 is 2.59 bits per heavy atom. The Labute approximate surface area is 252 Å². The molecule has 14 heteroatoms. The van der Waals surface area contributed by atoms with Gasteiger partial charge in [0, 0.05) is 49.1 Å². The third-order valence-corrected chi connectivity index (χ3v) is 8.57. The molecule has 2 unspecified atom stereocenters. The van der Waals surface area contributed by atoms with E-state index in [1.807, 2.05) is 41.6 Å². The molecule has 1 aliphatic heterocycles. The number of pyridine rings is 1. The number of aryl methyl sites for hydroxylation is 1. The minimum absolute atomic E-state index is 0.00749. The fourth-order valence-electron chi connectivity index (χ4n) is 5.77. The van der Waals surface area contributed by atoms with E-state index in [2.05, 4.69) is 36.8 Å². The van der Waals surface area contributed by atoms with Crippen molar-refractivity contribution in [2.24, 2.45) is 5.92 Å². The number of nitrogens with one attached hydrogen (secondary N) is 2. The number of carbonyl (C=O) groups excluding carboxylic acids is 3. The zero-order chi connectivity index (χ0) is 30.1. The van der Waals surface area contributed by atoms with E-state index >= 15 is 0 Å². The molecule has 0 radical (unpaired) electrons. The van der Waals surface area contributed by atoms with Crippen LogP contribution in [0.15, 0.2) is 30.7 Å². The van der Waals surface area contributed by atoms with Crippen LogP contribution in [0, 0.1) is 12.8 Å². The van der Waals surface area contributed by atoms with Crippen LogP contribution in [0.1, 0.15) is 78.5 Å². The first-order chi connectivity index (χ1) is 21.3. The molecule has 4 aliphatic rings. The number of hydrogen-bond donors (Lipinski definition) is 2. The van der Waals surface area contributed by atoms with Crippen molar-refractivity contribution in [3.05, 3.63) is 59.3 Å². The third-order valence-electron chi connectivity index (χ3n) is 8.57. The van der Waals surface area contributed by atoms with Crippen molar-refractivity contribution in [2.45, 2.75) is 63.3 Å². The van der Waals surface area contributed by atoms with Crippen LogP contribution in [0.5, 0.6) is 0 Å². The molecule has 5 heterocycles. The Bertz CT molecular complexity index is 1850. The maximum absolute atomic E-state index is 13.1. The molecule has 224 valence electrons. The Balaban J connectivity index is 1.04. The van der Waals surface area contributed by atoms with E-state index in [0.717, 1.165) is 42.6 Å². The lowest BCUT2D eigenvalue weighted by Gasteiger charge is -2.17. The Hall–Kier alpha value is -5.01. The number of anilines is 3. The average molecular weight is 594 g/mol. The van der Waals surface area contributed by atoms with Crippen LogP contribution in [-0.2, 0) is 16.1 Å². The Kier molecular flexibility index (Phi) is 6.06. The van der Waals surface area contributed by atoms with Crippen molar-refractivity contribution >= 4 is 41.1 Å².